The fraction of sp³-hybridized carbons (Fsp3) is 0.550. The number of hydrogen-bond acceptors (Lipinski definition) is 6. The van der Waals surface area contributed by atoms with Crippen molar-refractivity contribution in [2.45, 2.75) is 45.2 Å². The Morgan fingerprint density at radius 2 is 1.79 bits per heavy atom. The van der Waals surface area contributed by atoms with E-state index in [0.717, 1.165) is 5.56 Å². The number of benzene rings is 1. The van der Waals surface area contributed by atoms with Gasteiger partial charge in [0.05, 0.1) is 23.5 Å². The maximum atomic E-state index is 12.4. The van der Waals surface area contributed by atoms with Crippen LogP contribution in [0, 0.1) is 5.92 Å². The first-order valence-corrected chi connectivity index (χ1v) is 11.3. The van der Waals surface area contributed by atoms with Crippen molar-refractivity contribution in [2.75, 3.05) is 18.1 Å². The molecule has 0 radical (unpaired) electrons. The topological polar surface area (TPSA) is 119 Å². The molecular weight excluding hydrogens is 396 g/mol. The van der Waals surface area contributed by atoms with Crippen LogP contribution in [-0.2, 0) is 35.4 Å². The van der Waals surface area contributed by atoms with Crippen LogP contribution < -0.4 is 10.6 Å². The molecule has 1 aliphatic heterocycles. The molecule has 1 heterocycles. The average molecular weight is 425 g/mol. The van der Waals surface area contributed by atoms with Gasteiger partial charge in [-0.15, -0.1) is 0 Å². The highest BCUT2D eigenvalue weighted by Gasteiger charge is 2.39. The minimum Gasteiger partial charge on any atom is -0.454 e. The summed E-state index contributed by atoms with van der Waals surface area (Å²) >= 11 is 0. The molecule has 1 aromatic carbocycles. The number of ether oxygens (including phenoxy) is 1. The lowest BCUT2D eigenvalue weighted by atomic mass is 10.0. The Morgan fingerprint density at radius 3 is 2.34 bits per heavy atom. The molecule has 2 N–H and O–H groups in total. The van der Waals surface area contributed by atoms with Crippen LogP contribution in [0.5, 0.6) is 0 Å². The zero-order chi connectivity index (χ0) is 21.7. The SMILES string of the molecule is CC(C)[C@H](NC(=O)Cc1ccccc1)C(=O)OCC(=O)N[C@]1(C)CCS(=O)(=O)C1. The number of sulfone groups is 1. The molecule has 1 fully saturated rings. The number of hydrogen-bond donors (Lipinski definition) is 2. The molecule has 0 aromatic heterocycles. The second kappa shape index (κ2) is 9.39. The van der Waals surface area contributed by atoms with Crippen LogP contribution in [0.15, 0.2) is 30.3 Å². The summed E-state index contributed by atoms with van der Waals surface area (Å²) in [6, 6.07) is 8.24. The molecule has 160 valence electrons. The van der Waals surface area contributed by atoms with Crippen LogP contribution >= 0.6 is 0 Å². The fourth-order valence-electron chi connectivity index (χ4n) is 3.21. The summed E-state index contributed by atoms with van der Waals surface area (Å²) in [5.74, 6) is -1.95. The summed E-state index contributed by atoms with van der Waals surface area (Å²) in [5.41, 5.74) is -0.0380. The minimum absolute atomic E-state index is 0.0203. The van der Waals surface area contributed by atoms with Crippen molar-refractivity contribution in [3.05, 3.63) is 35.9 Å². The number of carbonyl (C=O) groups is 3. The van der Waals surface area contributed by atoms with E-state index in [1.165, 1.54) is 0 Å². The molecule has 2 atom stereocenters. The van der Waals surface area contributed by atoms with E-state index in [0.29, 0.717) is 6.42 Å². The third-order valence-corrected chi connectivity index (χ3v) is 6.64. The molecule has 0 bridgehead atoms. The number of carbonyl (C=O) groups excluding carboxylic acids is 3. The van der Waals surface area contributed by atoms with E-state index in [2.05, 4.69) is 10.6 Å². The lowest BCUT2D eigenvalue weighted by Crippen LogP contribution is -2.50. The van der Waals surface area contributed by atoms with E-state index in [-0.39, 0.29) is 29.8 Å². The molecule has 8 nitrogen and oxygen atoms in total. The van der Waals surface area contributed by atoms with Crippen molar-refractivity contribution in [1.82, 2.24) is 10.6 Å². The minimum atomic E-state index is -3.16. The van der Waals surface area contributed by atoms with Crippen molar-refractivity contribution in [3.8, 4) is 0 Å². The van der Waals surface area contributed by atoms with Crippen LogP contribution in [-0.4, -0.2) is 55.9 Å². The Balaban J connectivity index is 1.85. The molecular formula is C20H28N2O6S. The third kappa shape index (κ3) is 7.16. The highest BCUT2D eigenvalue weighted by molar-refractivity contribution is 7.91. The molecule has 1 saturated heterocycles. The summed E-state index contributed by atoms with van der Waals surface area (Å²) in [6.45, 7) is 4.64. The van der Waals surface area contributed by atoms with Crippen molar-refractivity contribution in [2.24, 2.45) is 5.92 Å². The first kappa shape index (κ1) is 22.9. The molecule has 9 heteroatoms. The molecule has 0 spiro atoms. The lowest BCUT2D eigenvalue weighted by Gasteiger charge is -2.24. The monoisotopic (exact) mass is 424 g/mol. The number of rotatable bonds is 8. The zero-order valence-corrected chi connectivity index (χ0v) is 17.8. The summed E-state index contributed by atoms with van der Waals surface area (Å²) in [5, 5.41) is 5.28. The summed E-state index contributed by atoms with van der Waals surface area (Å²) in [7, 11) is -3.16. The summed E-state index contributed by atoms with van der Waals surface area (Å²) < 4.78 is 28.3. The zero-order valence-electron chi connectivity index (χ0n) is 16.9. The molecule has 2 rings (SSSR count). The Kier molecular flexibility index (Phi) is 7.40. The van der Waals surface area contributed by atoms with Crippen LogP contribution in [0.2, 0.25) is 0 Å². The smallest absolute Gasteiger partial charge is 0.329 e. The Labute approximate surface area is 171 Å². The highest BCUT2D eigenvalue weighted by Crippen LogP contribution is 2.22. The predicted octanol–water partition coefficient (Wildman–Crippen LogP) is 0.607. The van der Waals surface area contributed by atoms with Gasteiger partial charge in [0.25, 0.3) is 5.91 Å². The fourth-order valence-corrected chi connectivity index (χ4v) is 5.30. The van der Waals surface area contributed by atoms with Crippen LogP contribution in [0.25, 0.3) is 0 Å². The normalized spacial score (nSPS) is 21.4. The van der Waals surface area contributed by atoms with Gasteiger partial charge >= 0.3 is 5.97 Å². The van der Waals surface area contributed by atoms with Gasteiger partial charge < -0.3 is 15.4 Å². The third-order valence-electron chi connectivity index (χ3n) is 4.73. The maximum Gasteiger partial charge on any atom is 0.329 e. The number of esters is 1. The molecule has 1 aromatic rings. The van der Waals surface area contributed by atoms with Crippen LogP contribution in [0.1, 0.15) is 32.8 Å². The molecule has 0 saturated carbocycles. The van der Waals surface area contributed by atoms with Crippen LogP contribution in [0.4, 0.5) is 0 Å². The van der Waals surface area contributed by atoms with Gasteiger partial charge in [0.15, 0.2) is 16.4 Å². The molecule has 0 aliphatic carbocycles. The van der Waals surface area contributed by atoms with Gasteiger partial charge in [-0.25, -0.2) is 13.2 Å². The van der Waals surface area contributed by atoms with Gasteiger partial charge in [-0.05, 0) is 24.8 Å². The highest BCUT2D eigenvalue weighted by atomic mass is 32.2. The van der Waals surface area contributed by atoms with Crippen molar-refractivity contribution >= 4 is 27.6 Å². The van der Waals surface area contributed by atoms with Gasteiger partial charge in [-0.3, -0.25) is 9.59 Å². The van der Waals surface area contributed by atoms with E-state index >= 15 is 0 Å². The van der Waals surface area contributed by atoms with Crippen LogP contribution in [0.3, 0.4) is 0 Å². The number of nitrogens with one attached hydrogen (secondary N) is 2. The van der Waals surface area contributed by atoms with Crippen molar-refractivity contribution in [3.63, 3.8) is 0 Å². The van der Waals surface area contributed by atoms with E-state index in [1.54, 1.807) is 20.8 Å². The van der Waals surface area contributed by atoms with Crippen molar-refractivity contribution in [1.29, 1.82) is 0 Å². The summed E-state index contributed by atoms with van der Waals surface area (Å²) in [6.07, 6.45) is 0.448. The standard InChI is InChI=1S/C20H28N2O6S/c1-14(2)18(21-16(23)11-15-7-5-4-6-8-15)19(25)28-12-17(24)22-20(3)9-10-29(26,27)13-20/h4-8,14,18H,9-13H2,1-3H3,(H,21,23)(H,22,24)/t18-,20+/m0/s1. The largest absolute Gasteiger partial charge is 0.454 e. The van der Waals surface area contributed by atoms with E-state index in [1.807, 2.05) is 30.3 Å². The second-order valence-electron chi connectivity index (χ2n) is 8.01. The van der Waals surface area contributed by atoms with Gasteiger partial charge in [-0.2, -0.15) is 0 Å². The molecule has 2 amide bonds. The first-order valence-electron chi connectivity index (χ1n) is 9.51. The Bertz CT molecular complexity index is 853. The average Bonchev–Trinajstić information content (AvgIpc) is 2.91. The van der Waals surface area contributed by atoms with Gasteiger partial charge in [-0.1, -0.05) is 44.2 Å². The van der Waals surface area contributed by atoms with Gasteiger partial charge in [0.1, 0.15) is 6.04 Å². The van der Waals surface area contributed by atoms with E-state index < -0.39 is 39.9 Å². The quantitative estimate of drug-likeness (QED) is 0.590. The predicted molar refractivity (Wildman–Crippen MR) is 108 cm³/mol. The number of amides is 2. The Morgan fingerprint density at radius 1 is 1.14 bits per heavy atom. The van der Waals surface area contributed by atoms with E-state index in [9.17, 15) is 22.8 Å². The first-order chi connectivity index (χ1) is 13.5. The Hall–Kier alpha value is -2.42. The van der Waals surface area contributed by atoms with Gasteiger partial charge in [0.2, 0.25) is 5.91 Å². The van der Waals surface area contributed by atoms with E-state index in [4.69, 9.17) is 4.74 Å². The maximum absolute atomic E-state index is 12.4. The summed E-state index contributed by atoms with van der Waals surface area (Å²) in [4.78, 5) is 36.7. The second-order valence-corrected chi connectivity index (χ2v) is 10.2. The van der Waals surface area contributed by atoms with Gasteiger partial charge in [0, 0.05) is 0 Å². The van der Waals surface area contributed by atoms with Crippen molar-refractivity contribution < 1.29 is 27.5 Å². The lowest BCUT2D eigenvalue weighted by molar-refractivity contribution is -0.153. The molecule has 29 heavy (non-hydrogen) atoms. The molecule has 1 aliphatic rings. The molecule has 0 unspecified atom stereocenters.